The van der Waals surface area contributed by atoms with Gasteiger partial charge in [-0.1, -0.05) is 5.16 Å². The third kappa shape index (κ3) is 3.48. The summed E-state index contributed by atoms with van der Waals surface area (Å²) in [4.78, 5) is 2.37. The van der Waals surface area contributed by atoms with Crippen molar-refractivity contribution in [3.8, 4) is 6.07 Å². The van der Waals surface area contributed by atoms with E-state index < -0.39 is 10.0 Å². The zero-order valence-electron chi connectivity index (χ0n) is 13.3. The molecule has 0 amide bonds. The highest BCUT2D eigenvalue weighted by atomic mass is 32.2. The van der Waals surface area contributed by atoms with Crippen LogP contribution in [0.15, 0.2) is 39.8 Å². The highest BCUT2D eigenvalue weighted by Gasteiger charge is 2.28. The fourth-order valence-corrected chi connectivity index (χ4v) is 4.11. The summed E-state index contributed by atoms with van der Waals surface area (Å²) in [6.45, 7) is 4.62. The van der Waals surface area contributed by atoms with Gasteiger partial charge in [-0.25, -0.2) is 8.42 Å². The van der Waals surface area contributed by atoms with Crippen molar-refractivity contribution < 1.29 is 12.9 Å². The first kappa shape index (κ1) is 16.6. The minimum Gasteiger partial charge on any atom is -0.360 e. The number of aromatic nitrogens is 1. The van der Waals surface area contributed by atoms with Gasteiger partial charge in [0.05, 0.1) is 28.8 Å². The molecule has 0 spiro atoms. The van der Waals surface area contributed by atoms with E-state index in [4.69, 9.17) is 9.78 Å². The molecule has 1 aliphatic heterocycles. The first-order valence-corrected chi connectivity index (χ1v) is 9.08. The van der Waals surface area contributed by atoms with Crippen molar-refractivity contribution >= 4 is 10.0 Å². The largest absolute Gasteiger partial charge is 0.360 e. The van der Waals surface area contributed by atoms with Crippen molar-refractivity contribution in [2.45, 2.75) is 18.4 Å². The lowest BCUT2D eigenvalue weighted by molar-refractivity contribution is 0.166. The van der Waals surface area contributed by atoms with Crippen molar-refractivity contribution in [3.05, 3.63) is 47.3 Å². The molecule has 3 rings (SSSR count). The molecule has 126 valence electrons. The van der Waals surface area contributed by atoms with Crippen LogP contribution in [-0.4, -0.2) is 49.0 Å². The highest BCUT2D eigenvalue weighted by Crippen LogP contribution is 2.19. The van der Waals surface area contributed by atoms with Crippen molar-refractivity contribution in [2.24, 2.45) is 0 Å². The Hall–Kier alpha value is -2.21. The zero-order chi connectivity index (χ0) is 17.2. The summed E-state index contributed by atoms with van der Waals surface area (Å²) in [5.74, 6) is 0.788. The van der Waals surface area contributed by atoms with E-state index in [1.54, 1.807) is 0 Å². The van der Waals surface area contributed by atoms with Gasteiger partial charge < -0.3 is 4.52 Å². The number of piperazine rings is 1. The Balaban J connectivity index is 1.63. The monoisotopic (exact) mass is 346 g/mol. The second kappa shape index (κ2) is 6.73. The summed E-state index contributed by atoms with van der Waals surface area (Å²) in [5.41, 5.74) is 1.29. The number of hydrogen-bond donors (Lipinski definition) is 0. The van der Waals surface area contributed by atoms with E-state index >= 15 is 0 Å². The van der Waals surface area contributed by atoms with E-state index in [2.05, 4.69) is 10.1 Å². The van der Waals surface area contributed by atoms with E-state index in [0.717, 1.165) is 11.5 Å². The SMILES string of the molecule is Cc1cc(CN2CCN(S(=O)(=O)c3ccc(C#N)cc3)CC2)on1. The van der Waals surface area contributed by atoms with E-state index in [9.17, 15) is 8.42 Å². The average molecular weight is 346 g/mol. The predicted molar refractivity (Wildman–Crippen MR) is 86.4 cm³/mol. The van der Waals surface area contributed by atoms with Gasteiger partial charge in [-0.2, -0.15) is 9.57 Å². The Morgan fingerprint density at radius 2 is 1.88 bits per heavy atom. The lowest BCUT2D eigenvalue weighted by Gasteiger charge is -2.33. The molecule has 1 aromatic heterocycles. The van der Waals surface area contributed by atoms with Gasteiger partial charge in [0, 0.05) is 32.2 Å². The molecule has 0 aliphatic carbocycles. The van der Waals surface area contributed by atoms with Crippen LogP contribution in [0, 0.1) is 18.3 Å². The van der Waals surface area contributed by atoms with Gasteiger partial charge in [0.1, 0.15) is 0 Å². The van der Waals surface area contributed by atoms with Gasteiger partial charge >= 0.3 is 0 Å². The molecule has 1 saturated heterocycles. The minimum atomic E-state index is -3.52. The summed E-state index contributed by atoms with van der Waals surface area (Å²) in [6.07, 6.45) is 0. The van der Waals surface area contributed by atoms with E-state index in [0.29, 0.717) is 38.3 Å². The average Bonchev–Trinajstić information content (AvgIpc) is 3.00. The van der Waals surface area contributed by atoms with Gasteiger partial charge in [0.15, 0.2) is 5.76 Å². The summed E-state index contributed by atoms with van der Waals surface area (Å²) >= 11 is 0. The van der Waals surface area contributed by atoms with Crippen molar-refractivity contribution in [1.82, 2.24) is 14.4 Å². The second-order valence-corrected chi connectivity index (χ2v) is 7.69. The number of nitriles is 1. The van der Waals surface area contributed by atoms with Crippen LogP contribution in [0.1, 0.15) is 17.0 Å². The fraction of sp³-hybridized carbons (Fsp3) is 0.375. The molecule has 0 atom stereocenters. The number of rotatable bonds is 4. The van der Waals surface area contributed by atoms with Crippen LogP contribution < -0.4 is 0 Å². The fourth-order valence-electron chi connectivity index (χ4n) is 2.69. The molecule has 0 N–H and O–H groups in total. The molecular weight excluding hydrogens is 328 g/mol. The molecule has 1 fully saturated rings. The second-order valence-electron chi connectivity index (χ2n) is 5.75. The smallest absolute Gasteiger partial charge is 0.243 e. The number of aryl methyl sites for hydroxylation is 1. The third-order valence-corrected chi connectivity index (χ3v) is 5.92. The maximum absolute atomic E-state index is 12.7. The van der Waals surface area contributed by atoms with Crippen LogP contribution in [0.2, 0.25) is 0 Å². The zero-order valence-corrected chi connectivity index (χ0v) is 14.2. The Labute approximate surface area is 141 Å². The van der Waals surface area contributed by atoms with Crippen LogP contribution in [0.25, 0.3) is 0 Å². The third-order valence-electron chi connectivity index (χ3n) is 4.01. The molecule has 2 heterocycles. The van der Waals surface area contributed by atoms with Crippen molar-refractivity contribution in [2.75, 3.05) is 26.2 Å². The normalized spacial score (nSPS) is 16.8. The van der Waals surface area contributed by atoms with E-state index in [1.165, 1.54) is 28.6 Å². The van der Waals surface area contributed by atoms with Gasteiger partial charge in [0.25, 0.3) is 0 Å². The van der Waals surface area contributed by atoms with Gasteiger partial charge in [-0.15, -0.1) is 0 Å². The predicted octanol–water partition coefficient (Wildman–Crippen LogP) is 1.36. The quantitative estimate of drug-likeness (QED) is 0.830. The highest BCUT2D eigenvalue weighted by molar-refractivity contribution is 7.89. The number of sulfonamides is 1. The Kier molecular flexibility index (Phi) is 4.66. The molecule has 0 bridgehead atoms. The molecule has 1 aromatic carbocycles. The molecule has 24 heavy (non-hydrogen) atoms. The standard InChI is InChI=1S/C16H18N4O3S/c1-13-10-15(23-18-13)12-19-6-8-20(9-7-19)24(21,22)16-4-2-14(11-17)3-5-16/h2-5,10H,6-9,12H2,1H3. The molecule has 7 nitrogen and oxygen atoms in total. The lowest BCUT2D eigenvalue weighted by atomic mass is 10.2. The molecule has 8 heteroatoms. The summed E-state index contributed by atoms with van der Waals surface area (Å²) < 4.78 is 32.0. The topological polar surface area (TPSA) is 90.4 Å². The van der Waals surface area contributed by atoms with Crippen LogP contribution in [0.5, 0.6) is 0 Å². The molecular formula is C16H18N4O3S. The first-order valence-electron chi connectivity index (χ1n) is 7.64. The first-order chi connectivity index (χ1) is 11.5. The van der Waals surface area contributed by atoms with Crippen LogP contribution in [-0.2, 0) is 16.6 Å². The number of benzene rings is 1. The van der Waals surface area contributed by atoms with Gasteiger partial charge in [-0.05, 0) is 31.2 Å². The molecule has 1 aliphatic rings. The van der Waals surface area contributed by atoms with Crippen molar-refractivity contribution in [1.29, 1.82) is 5.26 Å². The van der Waals surface area contributed by atoms with Crippen LogP contribution in [0.4, 0.5) is 0 Å². The summed E-state index contributed by atoms with van der Waals surface area (Å²) in [7, 11) is -3.52. The number of hydrogen-bond acceptors (Lipinski definition) is 6. The van der Waals surface area contributed by atoms with Crippen molar-refractivity contribution in [3.63, 3.8) is 0 Å². The van der Waals surface area contributed by atoms with E-state index in [1.807, 2.05) is 19.1 Å². The maximum Gasteiger partial charge on any atom is 0.243 e. The Bertz CT molecular complexity index is 844. The Morgan fingerprint density at radius 1 is 1.21 bits per heavy atom. The molecule has 2 aromatic rings. The minimum absolute atomic E-state index is 0.223. The lowest BCUT2D eigenvalue weighted by Crippen LogP contribution is -2.48. The van der Waals surface area contributed by atoms with Crippen LogP contribution >= 0.6 is 0 Å². The maximum atomic E-state index is 12.7. The van der Waals surface area contributed by atoms with Gasteiger partial charge in [0.2, 0.25) is 10.0 Å². The van der Waals surface area contributed by atoms with Crippen LogP contribution in [0.3, 0.4) is 0 Å². The number of nitrogens with zero attached hydrogens (tertiary/aromatic N) is 4. The molecule has 0 saturated carbocycles. The molecule has 0 radical (unpaired) electrons. The van der Waals surface area contributed by atoms with Gasteiger partial charge in [-0.3, -0.25) is 4.90 Å². The molecule has 0 unspecified atom stereocenters. The summed E-state index contributed by atoms with van der Waals surface area (Å²) in [5, 5.41) is 12.7. The summed E-state index contributed by atoms with van der Waals surface area (Å²) in [6, 6.07) is 9.89. The van der Waals surface area contributed by atoms with E-state index in [-0.39, 0.29) is 4.90 Å². The Morgan fingerprint density at radius 3 is 2.42 bits per heavy atom.